The van der Waals surface area contributed by atoms with E-state index >= 15 is 0 Å². The number of hydrogen-bond acceptors (Lipinski definition) is 3. The molecule has 0 bridgehead atoms. The molecule has 1 N–H and O–H groups in total. The van der Waals surface area contributed by atoms with Gasteiger partial charge < -0.3 is 0 Å². The fourth-order valence-corrected chi connectivity index (χ4v) is 3.02. The predicted octanol–water partition coefficient (Wildman–Crippen LogP) is 4.48. The molecule has 4 nitrogen and oxygen atoms in total. The van der Waals surface area contributed by atoms with Crippen LogP contribution < -0.4 is 10.2 Å². The highest BCUT2D eigenvalue weighted by Crippen LogP contribution is 2.27. The Morgan fingerprint density at radius 3 is 2.28 bits per heavy atom. The lowest BCUT2D eigenvalue weighted by atomic mass is 10.1. The third kappa shape index (κ3) is 3.70. The summed E-state index contributed by atoms with van der Waals surface area (Å²) >= 11 is 23.1. The van der Waals surface area contributed by atoms with E-state index in [-0.39, 0.29) is 10.7 Å². The number of nitrogens with one attached hydrogen (secondary N) is 1. The molecule has 2 amide bonds. The minimum atomic E-state index is -0.601. The number of anilines is 1. The first kappa shape index (κ1) is 17.9. The van der Waals surface area contributed by atoms with E-state index in [0.717, 1.165) is 0 Å². The van der Waals surface area contributed by atoms with Crippen LogP contribution in [0.4, 0.5) is 5.69 Å². The largest absolute Gasteiger partial charge is 0.298 e. The molecular weight excluding hydrogens is 403 g/mol. The number of thiocarbonyl (C=S) groups is 1. The molecule has 1 heterocycles. The van der Waals surface area contributed by atoms with E-state index in [0.29, 0.717) is 26.3 Å². The average molecular weight is 412 g/mol. The van der Waals surface area contributed by atoms with Crippen molar-refractivity contribution in [2.75, 3.05) is 4.90 Å². The van der Waals surface area contributed by atoms with Gasteiger partial charge in [0.25, 0.3) is 11.8 Å². The molecule has 3 rings (SSSR count). The highest BCUT2D eigenvalue weighted by molar-refractivity contribution is 7.80. The Kier molecular flexibility index (Phi) is 5.11. The van der Waals surface area contributed by atoms with Crippen molar-refractivity contribution in [3.63, 3.8) is 0 Å². The Morgan fingerprint density at radius 2 is 1.60 bits per heavy atom. The van der Waals surface area contributed by atoms with Gasteiger partial charge in [-0.3, -0.25) is 19.8 Å². The summed E-state index contributed by atoms with van der Waals surface area (Å²) in [4.78, 5) is 26.3. The van der Waals surface area contributed by atoms with E-state index in [1.165, 1.54) is 11.0 Å². The average Bonchev–Trinajstić information content (AvgIpc) is 2.56. The maximum absolute atomic E-state index is 12.8. The minimum Gasteiger partial charge on any atom is -0.298 e. The molecular formula is C17H9Cl3N2O2S. The summed E-state index contributed by atoms with van der Waals surface area (Å²) in [6.07, 6.45) is 1.39. The summed E-state index contributed by atoms with van der Waals surface area (Å²) in [5.74, 6) is -1.16. The molecule has 0 saturated carbocycles. The molecule has 0 aromatic heterocycles. The van der Waals surface area contributed by atoms with Crippen molar-refractivity contribution in [2.24, 2.45) is 0 Å². The first-order valence-electron chi connectivity index (χ1n) is 6.99. The van der Waals surface area contributed by atoms with Crippen molar-refractivity contribution >= 4 is 75.7 Å². The first-order valence-corrected chi connectivity index (χ1v) is 8.53. The second kappa shape index (κ2) is 7.14. The Balaban J connectivity index is 2.05. The molecule has 1 fully saturated rings. The lowest BCUT2D eigenvalue weighted by Crippen LogP contribution is -2.54. The Bertz CT molecular complexity index is 926. The van der Waals surface area contributed by atoms with Gasteiger partial charge in [-0.2, -0.15) is 0 Å². The molecule has 126 valence electrons. The number of carbonyl (C=O) groups is 2. The van der Waals surface area contributed by atoms with Gasteiger partial charge in [0.2, 0.25) is 0 Å². The second-order valence-corrected chi connectivity index (χ2v) is 6.77. The number of hydrogen-bond donors (Lipinski definition) is 1. The minimum absolute atomic E-state index is 0.00772. The Labute approximate surface area is 164 Å². The Hall–Kier alpha value is -1.92. The normalized spacial score (nSPS) is 16.4. The molecule has 1 aliphatic rings. The maximum atomic E-state index is 12.8. The fourth-order valence-electron chi connectivity index (χ4n) is 2.26. The topological polar surface area (TPSA) is 49.4 Å². The summed E-state index contributed by atoms with van der Waals surface area (Å²) in [5.41, 5.74) is 0.840. The van der Waals surface area contributed by atoms with Crippen LogP contribution in [0.15, 0.2) is 48.0 Å². The maximum Gasteiger partial charge on any atom is 0.270 e. The van der Waals surface area contributed by atoms with Gasteiger partial charge in [-0.1, -0.05) is 34.8 Å². The lowest BCUT2D eigenvalue weighted by molar-refractivity contribution is -0.122. The quantitative estimate of drug-likeness (QED) is 0.450. The van der Waals surface area contributed by atoms with Crippen molar-refractivity contribution in [1.82, 2.24) is 5.32 Å². The van der Waals surface area contributed by atoms with Crippen LogP contribution in [-0.4, -0.2) is 16.9 Å². The number of halogens is 3. The van der Waals surface area contributed by atoms with Gasteiger partial charge in [-0.25, -0.2) is 0 Å². The van der Waals surface area contributed by atoms with Crippen molar-refractivity contribution in [2.45, 2.75) is 0 Å². The zero-order chi connectivity index (χ0) is 18.1. The van der Waals surface area contributed by atoms with E-state index in [2.05, 4.69) is 5.32 Å². The standard InChI is InChI=1S/C17H9Cl3N2O2S/c18-10-1-4-12(5-2-10)22-16(24)13(15(23)21-17(22)25)8-9-7-11(19)3-6-14(9)20/h1-8H,(H,21,23,25)/b13-8+. The molecule has 1 aliphatic heterocycles. The van der Waals surface area contributed by atoms with Gasteiger partial charge in [0, 0.05) is 15.1 Å². The van der Waals surface area contributed by atoms with E-state index in [9.17, 15) is 9.59 Å². The third-order valence-corrected chi connectivity index (χ3v) is 4.56. The number of benzene rings is 2. The summed E-state index contributed by atoms with van der Waals surface area (Å²) in [5, 5.41) is 3.81. The fraction of sp³-hybridized carbons (Fsp3) is 0. The molecule has 1 saturated heterocycles. The van der Waals surface area contributed by atoms with Gasteiger partial charge in [-0.05, 0) is 66.3 Å². The van der Waals surface area contributed by atoms with Gasteiger partial charge in [0.1, 0.15) is 5.57 Å². The molecule has 2 aromatic carbocycles. The SMILES string of the molecule is O=C1NC(=S)N(c2ccc(Cl)cc2)C(=O)/C1=C/c1cc(Cl)ccc1Cl. The molecule has 0 atom stereocenters. The van der Waals surface area contributed by atoms with Crippen LogP contribution in [0.25, 0.3) is 6.08 Å². The van der Waals surface area contributed by atoms with E-state index in [4.69, 9.17) is 47.0 Å². The summed E-state index contributed by atoms with van der Waals surface area (Å²) < 4.78 is 0. The smallest absolute Gasteiger partial charge is 0.270 e. The highest BCUT2D eigenvalue weighted by Gasteiger charge is 2.34. The molecule has 2 aromatic rings. The zero-order valence-corrected chi connectivity index (χ0v) is 15.5. The number of amides is 2. The highest BCUT2D eigenvalue weighted by atomic mass is 35.5. The van der Waals surface area contributed by atoms with Crippen molar-refractivity contribution in [1.29, 1.82) is 0 Å². The van der Waals surface area contributed by atoms with Gasteiger partial charge >= 0.3 is 0 Å². The van der Waals surface area contributed by atoms with Crippen LogP contribution in [0.1, 0.15) is 5.56 Å². The van der Waals surface area contributed by atoms with Crippen LogP contribution in [0, 0.1) is 0 Å². The molecule has 0 radical (unpaired) electrons. The molecule has 0 aliphatic carbocycles. The monoisotopic (exact) mass is 410 g/mol. The lowest BCUT2D eigenvalue weighted by Gasteiger charge is -2.29. The third-order valence-electron chi connectivity index (χ3n) is 3.44. The molecule has 8 heteroatoms. The van der Waals surface area contributed by atoms with Gasteiger partial charge in [-0.15, -0.1) is 0 Å². The number of carbonyl (C=O) groups excluding carboxylic acids is 2. The second-order valence-electron chi connectivity index (χ2n) is 5.10. The van der Waals surface area contributed by atoms with Crippen LogP contribution in [0.3, 0.4) is 0 Å². The van der Waals surface area contributed by atoms with E-state index < -0.39 is 11.8 Å². The van der Waals surface area contributed by atoms with E-state index in [1.807, 2.05) is 0 Å². The van der Waals surface area contributed by atoms with Crippen molar-refractivity contribution in [3.8, 4) is 0 Å². The van der Waals surface area contributed by atoms with Gasteiger partial charge in [0.05, 0.1) is 5.69 Å². The van der Waals surface area contributed by atoms with Crippen LogP contribution in [0.2, 0.25) is 15.1 Å². The van der Waals surface area contributed by atoms with E-state index in [1.54, 1.807) is 42.5 Å². The van der Waals surface area contributed by atoms with Crippen LogP contribution in [0.5, 0.6) is 0 Å². The number of nitrogens with zero attached hydrogens (tertiary/aromatic N) is 1. The summed E-state index contributed by atoms with van der Waals surface area (Å²) in [6.45, 7) is 0. The van der Waals surface area contributed by atoms with Crippen LogP contribution >= 0.6 is 47.0 Å². The molecule has 25 heavy (non-hydrogen) atoms. The Morgan fingerprint density at radius 1 is 0.960 bits per heavy atom. The zero-order valence-electron chi connectivity index (χ0n) is 12.4. The van der Waals surface area contributed by atoms with Crippen molar-refractivity contribution < 1.29 is 9.59 Å². The van der Waals surface area contributed by atoms with Crippen molar-refractivity contribution in [3.05, 3.63) is 68.7 Å². The number of rotatable bonds is 2. The molecule has 0 unspecified atom stereocenters. The van der Waals surface area contributed by atoms with Gasteiger partial charge in [0.15, 0.2) is 5.11 Å². The summed E-state index contributed by atoms with van der Waals surface area (Å²) in [6, 6.07) is 11.3. The summed E-state index contributed by atoms with van der Waals surface area (Å²) in [7, 11) is 0. The first-order chi connectivity index (χ1) is 11.9. The predicted molar refractivity (Wildman–Crippen MR) is 104 cm³/mol. The van der Waals surface area contributed by atoms with Crippen LogP contribution in [-0.2, 0) is 9.59 Å². The molecule has 0 spiro atoms.